The second-order valence-electron chi connectivity index (χ2n) is 10.2. The molecule has 7 heteroatoms. The van der Waals surface area contributed by atoms with E-state index < -0.39 is 5.41 Å². The van der Waals surface area contributed by atoms with Crippen molar-refractivity contribution in [3.05, 3.63) is 29.3 Å². The predicted molar refractivity (Wildman–Crippen MR) is 126 cm³/mol. The molecule has 1 atom stereocenters. The lowest BCUT2D eigenvalue weighted by atomic mass is 9.90. The molecule has 1 aromatic rings. The number of amides is 3. The van der Waals surface area contributed by atoms with Gasteiger partial charge < -0.3 is 15.1 Å². The number of nitrogens with zero attached hydrogens (tertiary/aromatic N) is 3. The summed E-state index contributed by atoms with van der Waals surface area (Å²) in [6.45, 7) is 14.0. The van der Waals surface area contributed by atoms with Gasteiger partial charge in [0.25, 0.3) is 0 Å². The van der Waals surface area contributed by atoms with E-state index in [0.717, 1.165) is 36.2 Å². The normalized spacial score (nSPS) is 20.2. The van der Waals surface area contributed by atoms with Gasteiger partial charge in [0, 0.05) is 50.4 Å². The Labute approximate surface area is 192 Å². The third-order valence-corrected chi connectivity index (χ3v) is 6.63. The van der Waals surface area contributed by atoms with Crippen LogP contribution in [0.1, 0.15) is 44.7 Å². The first kappa shape index (κ1) is 24.2. The van der Waals surface area contributed by atoms with Crippen LogP contribution in [0.15, 0.2) is 18.2 Å². The molecule has 176 valence electrons. The zero-order valence-electron chi connectivity index (χ0n) is 20.2. The van der Waals surface area contributed by atoms with Gasteiger partial charge in [-0.3, -0.25) is 19.3 Å². The minimum Gasteiger partial charge on any atom is -0.341 e. The molecular weight excluding hydrogens is 404 g/mol. The molecule has 2 saturated heterocycles. The van der Waals surface area contributed by atoms with Gasteiger partial charge in [-0.15, -0.1) is 0 Å². The summed E-state index contributed by atoms with van der Waals surface area (Å²) in [6.07, 6.45) is 1.71. The van der Waals surface area contributed by atoms with Crippen molar-refractivity contribution in [1.29, 1.82) is 0 Å². The van der Waals surface area contributed by atoms with Crippen LogP contribution in [0.4, 0.5) is 5.69 Å². The van der Waals surface area contributed by atoms with Crippen LogP contribution in [-0.2, 0) is 14.4 Å². The zero-order chi connectivity index (χ0) is 23.5. The lowest BCUT2D eigenvalue weighted by Crippen LogP contribution is -2.54. The quantitative estimate of drug-likeness (QED) is 0.778. The Morgan fingerprint density at radius 3 is 2.34 bits per heavy atom. The molecule has 2 fully saturated rings. The first-order valence-electron chi connectivity index (χ1n) is 11.7. The highest BCUT2D eigenvalue weighted by Crippen LogP contribution is 2.25. The number of anilines is 1. The molecule has 2 heterocycles. The van der Waals surface area contributed by atoms with E-state index in [4.69, 9.17) is 0 Å². The number of rotatable bonds is 4. The second-order valence-corrected chi connectivity index (χ2v) is 10.2. The summed E-state index contributed by atoms with van der Waals surface area (Å²) in [5, 5.41) is 3.01. The number of carbonyl (C=O) groups excluding carboxylic acids is 3. The number of piperazine rings is 1. The summed E-state index contributed by atoms with van der Waals surface area (Å²) in [4.78, 5) is 44.1. The summed E-state index contributed by atoms with van der Waals surface area (Å²) in [5.74, 6) is 0.127. The molecule has 1 N–H and O–H groups in total. The lowest BCUT2D eigenvalue weighted by Gasteiger charge is -2.40. The van der Waals surface area contributed by atoms with Gasteiger partial charge in [-0.1, -0.05) is 32.9 Å². The molecule has 7 nitrogen and oxygen atoms in total. The highest BCUT2D eigenvalue weighted by atomic mass is 16.2. The van der Waals surface area contributed by atoms with E-state index in [2.05, 4.69) is 10.2 Å². The zero-order valence-corrected chi connectivity index (χ0v) is 20.2. The molecule has 0 aromatic heterocycles. The fraction of sp³-hybridized carbons (Fsp3) is 0.640. The van der Waals surface area contributed by atoms with E-state index in [9.17, 15) is 14.4 Å². The minimum atomic E-state index is -0.422. The standard InChI is InChI=1S/C25H38N4O3/c1-18-8-6-10-21(19(18)2)26-22(30)17-27-12-14-28(15-13-27)23(31)20-9-7-11-29(16-20)24(32)25(3,4)5/h6,8,10,20H,7,9,11-17H2,1-5H3,(H,26,30). The van der Waals surface area contributed by atoms with E-state index in [1.807, 2.05) is 62.6 Å². The average Bonchev–Trinajstić information content (AvgIpc) is 2.76. The SMILES string of the molecule is Cc1cccc(NC(=O)CN2CCN(C(=O)C3CCCN(C(=O)C(C)(C)C)C3)CC2)c1C. The molecule has 0 saturated carbocycles. The minimum absolute atomic E-state index is 0.0258. The topological polar surface area (TPSA) is 73.0 Å². The van der Waals surface area contributed by atoms with Crippen molar-refractivity contribution in [1.82, 2.24) is 14.7 Å². The molecule has 32 heavy (non-hydrogen) atoms. The van der Waals surface area contributed by atoms with Crippen molar-refractivity contribution in [2.24, 2.45) is 11.3 Å². The van der Waals surface area contributed by atoms with E-state index >= 15 is 0 Å². The van der Waals surface area contributed by atoms with Gasteiger partial charge in [-0.05, 0) is 43.9 Å². The maximum atomic E-state index is 13.1. The Hall–Kier alpha value is -2.41. The number of piperidine rings is 1. The number of aryl methyl sites for hydroxylation is 1. The molecule has 2 aliphatic heterocycles. The third kappa shape index (κ3) is 5.88. The third-order valence-electron chi connectivity index (χ3n) is 6.63. The molecule has 3 rings (SSSR count). The van der Waals surface area contributed by atoms with Gasteiger partial charge >= 0.3 is 0 Å². The van der Waals surface area contributed by atoms with Crippen molar-refractivity contribution in [2.45, 2.75) is 47.5 Å². The van der Waals surface area contributed by atoms with Crippen molar-refractivity contribution in [3.63, 3.8) is 0 Å². The number of hydrogen-bond acceptors (Lipinski definition) is 4. The summed E-state index contributed by atoms with van der Waals surface area (Å²) >= 11 is 0. The molecule has 1 aromatic carbocycles. The highest BCUT2D eigenvalue weighted by Gasteiger charge is 2.35. The smallest absolute Gasteiger partial charge is 0.238 e. The molecule has 0 radical (unpaired) electrons. The van der Waals surface area contributed by atoms with E-state index in [1.165, 1.54) is 0 Å². The van der Waals surface area contributed by atoms with Crippen molar-refractivity contribution in [2.75, 3.05) is 51.1 Å². The number of carbonyl (C=O) groups is 3. The van der Waals surface area contributed by atoms with Gasteiger partial charge in [0.1, 0.15) is 0 Å². The lowest BCUT2D eigenvalue weighted by molar-refractivity contribution is -0.146. The van der Waals surface area contributed by atoms with Gasteiger partial charge in [0.2, 0.25) is 17.7 Å². The van der Waals surface area contributed by atoms with Crippen LogP contribution in [0, 0.1) is 25.2 Å². The molecule has 0 bridgehead atoms. The Kier molecular flexibility index (Phi) is 7.59. The molecule has 1 unspecified atom stereocenters. The van der Waals surface area contributed by atoms with Crippen LogP contribution in [-0.4, -0.2) is 78.2 Å². The highest BCUT2D eigenvalue weighted by molar-refractivity contribution is 5.93. The van der Waals surface area contributed by atoms with Crippen LogP contribution in [0.2, 0.25) is 0 Å². The van der Waals surface area contributed by atoms with Crippen molar-refractivity contribution >= 4 is 23.4 Å². The van der Waals surface area contributed by atoms with Gasteiger partial charge in [-0.25, -0.2) is 0 Å². The number of benzene rings is 1. The van der Waals surface area contributed by atoms with Gasteiger partial charge in [-0.2, -0.15) is 0 Å². The maximum absolute atomic E-state index is 13.1. The van der Waals surface area contributed by atoms with E-state index in [0.29, 0.717) is 39.3 Å². The van der Waals surface area contributed by atoms with Crippen LogP contribution in [0.5, 0.6) is 0 Å². The molecule has 3 amide bonds. The molecule has 0 aliphatic carbocycles. The van der Waals surface area contributed by atoms with Crippen LogP contribution >= 0.6 is 0 Å². The van der Waals surface area contributed by atoms with Crippen LogP contribution in [0.3, 0.4) is 0 Å². The van der Waals surface area contributed by atoms with E-state index in [-0.39, 0.29) is 23.6 Å². The summed E-state index contributed by atoms with van der Waals surface area (Å²) < 4.78 is 0. The first-order chi connectivity index (χ1) is 15.1. The number of hydrogen-bond donors (Lipinski definition) is 1. The summed E-state index contributed by atoms with van der Waals surface area (Å²) in [5.41, 5.74) is 2.67. The van der Waals surface area contributed by atoms with Crippen LogP contribution < -0.4 is 5.32 Å². The number of likely N-dealkylation sites (tertiary alicyclic amines) is 1. The largest absolute Gasteiger partial charge is 0.341 e. The van der Waals surface area contributed by atoms with E-state index in [1.54, 1.807) is 0 Å². The second kappa shape index (κ2) is 10.0. The fourth-order valence-corrected chi connectivity index (χ4v) is 4.50. The number of nitrogens with one attached hydrogen (secondary N) is 1. The van der Waals surface area contributed by atoms with Gasteiger partial charge in [0.05, 0.1) is 12.5 Å². The fourth-order valence-electron chi connectivity index (χ4n) is 4.50. The Morgan fingerprint density at radius 1 is 1.00 bits per heavy atom. The summed E-state index contributed by atoms with van der Waals surface area (Å²) in [7, 11) is 0. The maximum Gasteiger partial charge on any atom is 0.238 e. The van der Waals surface area contributed by atoms with Crippen molar-refractivity contribution in [3.8, 4) is 0 Å². The first-order valence-corrected chi connectivity index (χ1v) is 11.7. The molecular formula is C25H38N4O3. The van der Waals surface area contributed by atoms with Crippen LogP contribution in [0.25, 0.3) is 0 Å². The molecule has 0 spiro atoms. The Bertz CT molecular complexity index is 853. The summed E-state index contributed by atoms with van der Waals surface area (Å²) in [6, 6.07) is 5.91. The molecule has 2 aliphatic rings. The van der Waals surface area contributed by atoms with Crippen molar-refractivity contribution < 1.29 is 14.4 Å². The average molecular weight is 443 g/mol. The monoisotopic (exact) mass is 442 g/mol. The predicted octanol–water partition coefficient (Wildman–Crippen LogP) is 2.67. The Morgan fingerprint density at radius 2 is 1.69 bits per heavy atom. The van der Waals surface area contributed by atoms with Gasteiger partial charge in [0.15, 0.2) is 0 Å². The Balaban J connectivity index is 1.47.